The molecule has 3 heterocycles. The molecule has 16 atom stereocenters. The Morgan fingerprint density at radius 2 is 1.56 bits per heavy atom. The SMILES string of the molecule is CCC(=O)O[C@@H]1CC(=O)O[C@H](C)CCNC[C@H](O)[C@H](C)C[C@H](CC(OC)OC)[C@H](O[C@@H]2O[C@H](C)[C@@H](O[C@H]3C[C@@](C)(OC(C)=O)[C@@H](OC(=O)CC)[C@H](C)O3)[C@H](N(C)C)[C@H]2O)[C@H]1OC. The number of hydrogen-bond acceptors (Lipinski definition) is 19. The molecule has 0 aliphatic carbocycles. The van der Waals surface area contributed by atoms with Gasteiger partial charge in [-0.15, -0.1) is 0 Å². The van der Waals surface area contributed by atoms with Crippen molar-refractivity contribution in [3.63, 3.8) is 0 Å². The third kappa shape index (κ3) is 15.0. The summed E-state index contributed by atoms with van der Waals surface area (Å²) in [5.74, 6) is -3.16. The number of aliphatic hydroxyl groups is 2. The maximum absolute atomic E-state index is 13.5. The highest BCUT2D eigenvalue weighted by Crippen LogP contribution is 2.39. The van der Waals surface area contributed by atoms with Crippen LogP contribution in [0.2, 0.25) is 0 Å². The van der Waals surface area contributed by atoms with Gasteiger partial charge >= 0.3 is 23.9 Å². The van der Waals surface area contributed by atoms with Crippen molar-refractivity contribution in [2.45, 2.75) is 192 Å². The van der Waals surface area contributed by atoms with Crippen molar-refractivity contribution in [3.8, 4) is 0 Å². The van der Waals surface area contributed by atoms with Crippen molar-refractivity contribution in [1.82, 2.24) is 10.2 Å². The molecular weight excluding hydrogens is 816 g/mol. The van der Waals surface area contributed by atoms with Crippen LogP contribution in [-0.4, -0.2) is 179 Å². The van der Waals surface area contributed by atoms with Gasteiger partial charge in [0, 0.05) is 60.5 Å². The standard InChI is InChI=1S/C43H76N2O17/c1-14-31(48)58-30-20-33(50)55-24(4)16-17-44-22-29(47)23(3)18-28(19-34(52-11)53-12)39(40(30)54-13)61-42-37(51)36(45(9)10)38(25(5)57-42)60-35-21-43(8,62-27(7)46)41(26(6)56-35)59-32(49)15-2/h23-26,28-30,34-42,44,47,51H,14-22H2,1-13H3/t23-,24-,25-,26+,28-,29+,30-,35+,36-,37-,38-,39+,40+,41+,42+,43-/m1/s1. The van der Waals surface area contributed by atoms with Gasteiger partial charge in [-0.2, -0.15) is 0 Å². The van der Waals surface area contributed by atoms with E-state index in [1.54, 1.807) is 60.5 Å². The van der Waals surface area contributed by atoms with Gasteiger partial charge in [-0.05, 0) is 73.0 Å². The number of esters is 4. The normalized spacial score (nSPS) is 38.1. The Morgan fingerprint density at radius 1 is 0.919 bits per heavy atom. The topological polar surface area (TPSA) is 226 Å². The summed E-state index contributed by atoms with van der Waals surface area (Å²) in [5.41, 5.74) is -1.31. The molecule has 0 aromatic carbocycles. The molecule has 0 amide bonds. The Balaban J connectivity index is 2.09. The van der Waals surface area contributed by atoms with Crippen LogP contribution in [0.15, 0.2) is 0 Å². The lowest BCUT2D eigenvalue weighted by Crippen LogP contribution is -2.66. The molecule has 3 aliphatic rings. The van der Waals surface area contributed by atoms with Gasteiger partial charge in [0.2, 0.25) is 0 Å². The van der Waals surface area contributed by atoms with Crippen molar-refractivity contribution in [2.24, 2.45) is 11.8 Å². The lowest BCUT2D eigenvalue weighted by molar-refractivity contribution is -0.345. The monoisotopic (exact) mass is 893 g/mol. The van der Waals surface area contributed by atoms with Gasteiger partial charge in [0.25, 0.3) is 0 Å². The summed E-state index contributed by atoms with van der Waals surface area (Å²) in [6, 6.07) is -0.789. The highest BCUT2D eigenvalue weighted by molar-refractivity contribution is 5.72. The van der Waals surface area contributed by atoms with Gasteiger partial charge < -0.3 is 72.5 Å². The van der Waals surface area contributed by atoms with E-state index in [1.807, 2.05) is 6.92 Å². The molecule has 0 unspecified atom stereocenters. The maximum atomic E-state index is 13.5. The van der Waals surface area contributed by atoms with Crippen LogP contribution in [0.25, 0.3) is 0 Å². The zero-order valence-corrected chi connectivity index (χ0v) is 39.1. The van der Waals surface area contributed by atoms with Gasteiger partial charge in [-0.25, -0.2) is 0 Å². The van der Waals surface area contributed by atoms with Crippen LogP contribution in [0.3, 0.4) is 0 Å². The number of nitrogens with zero attached hydrogens (tertiary/aromatic N) is 1. The number of rotatable bonds is 15. The molecule has 19 nitrogen and oxygen atoms in total. The molecule has 3 aliphatic heterocycles. The number of methoxy groups -OCH3 is 3. The lowest BCUT2D eigenvalue weighted by Gasteiger charge is -2.51. The van der Waals surface area contributed by atoms with Gasteiger partial charge in [0.05, 0.1) is 36.9 Å². The molecule has 0 aromatic rings. The molecule has 0 radical (unpaired) electrons. The number of β-amino-alcohol motifs (C(OH)–C–C–N with tert-alkyl or cyclic N) is 1. The fourth-order valence-electron chi connectivity index (χ4n) is 8.71. The molecule has 0 aromatic heterocycles. The number of hydrogen-bond donors (Lipinski definition) is 3. The third-order valence-corrected chi connectivity index (χ3v) is 12.0. The van der Waals surface area contributed by atoms with Gasteiger partial charge in [0.1, 0.15) is 30.5 Å². The minimum absolute atomic E-state index is 0.00392. The van der Waals surface area contributed by atoms with Crippen molar-refractivity contribution in [1.29, 1.82) is 0 Å². The summed E-state index contributed by atoms with van der Waals surface area (Å²) in [6.45, 7) is 14.1. The molecule has 62 heavy (non-hydrogen) atoms. The summed E-state index contributed by atoms with van der Waals surface area (Å²) < 4.78 is 66.8. The number of ether oxygens (including phenoxy) is 11. The van der Waals surface area contributed by atoms with Crippen molar-refractivity contribution in [3.05, 3.63) is 0 Å². The smallest absolute Gasteiger partial charge is 0.309 e. The number of aliphatic hydroxyl groups excluding tert-OH is 2. The Morgan fingerprint density at radius 3 is 2.15 bits per heavy atom. The molecule has 3 saturated heterocycles. The summed E-state index contributed by atoms with van der Waals surface area (Å²) in [7, 11) is 7.94. The van der Waals surface area contributed by atoms with E-state index in [1.165, 1.54) is 28.3 Å². The first-order chi connectivity index (χ1) is 29.2. The summed E-state index contributed by atoms with van der Waals surface area (Å²) in [6.07, 6.45) is -11.7. The first-order valence-electron chi connectivity index (χ1n) is 21.9. The van der Waals surface area contributed by atoms with Gasteiger partial charge in [-0.1, -0.05) is 20.8 Å². The van der Waals surface area contributed by atoms with E-state index < -0.39 is 121 Å². The second-order valence-electron chi connectivity index (χ2n) is 17.3. The highest BCUT2D eigenvalue weighted by atomic mass is 16.7. The quantitative estimate of drug-likeness (QED) is 0.122. The highest BCUT2D eigenvalue weighted by Gasteiger charge is 2.54. The number of carbonyl (C=O) groups is 4. The molecule has 360 valence electrons. The lowest BCUT2D eigenvalue weighted by atomic mass is 9.82. The second kappa shape index (κ2) is 25.2. The first-order valence-corrected chi connectivity index (χ1v) is 21.9. The average molecular weight is 893 g/mol. The van der Waals surface area contributed by atoms with E-state index in [9.17, 15) is 29.4 Å². The number of likely N-dealkylation sites (N-methyl/N-ethyl adjacent to an activating group) is 1. The van der Waals surface area contributed by atoms with Crippen LogP contribution in [0.1, 0.15) is 100 Å². The van der Waals surface area contributed by atoms with Crippen molar-refractivity contribution >= 4 is 23.9 Å². The van der Waals surface area contributed by atoms with Crippen molar-refractivity contribution < 1.29 is 81.5 Å². The van der Waals surface area contributed by atoms with E-state index >= 15 is 0 Å². The largest absolute Gasteiger partial charge is 0.463 e. The molecule has 3 N–H and O–H groups in total. The fraction of sp³-hybridized carbons (Fsp3) is 0.907. The van der Waals surface area contributed by atoms with Crippen LogP contribution in [0.4, 0.5) is 0 Å². The molecule has 0 bridgehead atoms. The van der Waals surface area contributed by atoms with Gasteiger partial charge in [-0.3, -0.25) is 19.2 Å². The summed E-state index contributed by atoms with van der Waals surface area (Å²) >= 11 is 0. The van der Waals surface area contributed by atoms with Crippen LogP contribution in [0, 0.1) is 11.8 Å². The molecule has 0 saturated carbocycles. The molecule has 3 fully saturated rings. The van der Waals surface area contributed by atoms with Crippen LogP contribution < -0.4 is 5.32 Å². The maximum Gasteiger partial charge on any atom is 0.309 e. The van der Waals surface area contributed by atoms with E-state index in [0.29, 0.717) is 19.4 Å². The fourth-order valence-corrected chi connectivity index (χ4v) is 8.71. The number of carbonyl (C=O) groups excluding carboxylic acids is 4. The Kier molecular flexibility index (Phi) is 21.9. The predicted octanol–water partition coefficient (Wildman–Crippen LogP) is 2.24. The van der Waals surface area contributed by atoms with Crippen LogP contribution >= 0.6 is 0 Å². The molecule has 3 rings (SSSR count). The number of nitrogens with one attached hydrogen (secondary N) is 1. The first kappa shape index (κ1) is 53.8. The summed E-state index contributed by atoms with van der Waals surface area (Å²) in [4.78, 5) is 53.0. The van der Waals surface area contributed by atoms with Gasteiger partial charge in [0.15, 0.2) is 30.6 Å². The van der Waals surface area contributed by atoms with E-state index in [2.05, 4.69) is 5.32 Å². The predicted molar refractivity (Wildman–Crippen MR) is 221 cm³/mol. The molecule has 19 heteroatoms. The average Bonchev–Trinajstić information content (AvgIpc) is 3.19. The minimum Gasteiger partial charge on any atom is -0.463 e. The van der Waals surface area contributed by atoms with Crippen LogP contribution in [0.5, 0.6) is 0 Å². The number of cyclic esters (lactones) is 1. The Bertz CT molecular complexity index is 1400. The van der Waals surface area contributed by atoms with Crippen LogP contribution in [-0.2, 0) is 71.3 Å². The zero-order valence-electron chi connectivity index (χ0n) is 39.1. The van der Waals surface area contributed by atoms with E-state index in [0.717, 1.165) is 0 Å². The third-order valence-electron chi connectivity index (χ3n) is 12.0. The van der Waals surface area contributed by atoms with Crippen molar-refractivity contribution in [2.75, 3.05) is 48.5 Å². The Hall–Kier alpha value is -2.56. The Labute approximate surface area is 367 Å². The molecule has 0 spiro atoms. The van der Waals surface area contributed by atoms with E-state index in [-0.39, 0.29) is 44.6 Å². The van der Waals surface area contributed by atoms with E-state index in [4.69, 9.17) is 52.1 Å². The minimum atomic E-state index is -1.39. The second-order valence-corrected chi connectivity index (χ2v) is 17.3. The summed E-state index contributed by atoms with van der Waals surface area (Å²) in [5, 5.41) is 26.9. The molecular formula is C43H76N2O17. The zero-order chi connectivity index (χ0) is 46.5.